The summed E-state index contributed by atoms with van der Waals surface area (Å²) in [6, 6.07) is 2.74. The van der Waals surface area contributed by atoms with Gasteiger partial charge in [-0.15, -0.1) is 0 Å². The van der Waals surface area contributed by atoms with E-state index in [-0.39, 0.29) is 16.8 Å². The molecule has 2 rings (SSSR count). The number of hydrogen-bond acceptors (Lipinski definition) is 5. The van der Waals surface area contributed by atoms with Gasteiger partial charge in [0, 0.05) is 5.69 Å². The molecule has 0 heterocycles. The van der Waals surface area contributed by atoms with Gasteiger partial charge >= 0.3 is 5.97 Å². The smallest absolute Gasteiger partial charge is 0.309 e. The number of anilines is 1. The van der Waals surface area contributed by atoms with Gasteiger partial charge in [-0.2, -0.15) is 0 Å². The first kappa shape index (κ1) is 17.4. The third-order valence-electron chi connectivity index (χ3n) is 4.03. The second kappa shape index (κ2) is 6.67. The van der Waals surface area contributed by atoms with Crippen molar-refractivity contribution in [3.63, 3.8) is 0 Å². The van der Waals surface area contributed by atoms with Gasteiger partial charge in [-0.1, -0.05) is 6.42 Å². The predicted octanol–water partition coefficient (Wildman–Crippen LogP) is 1.23. The molecule has 8 heteroatoms. The quantitative estimate of drug-likeness (QED) is 0.782. The van der Waals surface area contributed by atoms with Crippen molar-refractivity contribution >= 4 is 27.6 Å². The molecule has 0 radical (unpaired) electrons. The first-order chi connectivity index (χ1) is 10.7. The molecular formula is C15H20N2O5S. The van der Waals surface area contributed by atoms with Crippen molar-refractivity contribution in [2.24, 2.45) is 11.1 Å². The van der Waals surface area contributed by atoms with Gasteiger partial charge in [-0.05, 0) is 49.9 Å². The van der Waals surface area contributed by atoms with Crippen molar-refractivity contribution in [1.29, 1.82) is 0 Å². The van der Waals surface area contributed by atoms with Gasteiger partial charge < -0.3 is 10.1 Å². The summed E-state index contributed by atoms with van der Waals surface area (Å²) < 4.78 is 27.9. The van der Waals surface area contributed by atoms with E-state index < -0.39 is 22.5 Å². The van der Waals surface area contributed by atoms with Crippen molar-refractivity contribution in [3.8, 4) is 0 Å². The lowest BCUT2D eigenvalue weighted by atomic mass is 9.86. The van der Waals surface area contributed by atoms with E-state index in [0.29, 0.717) is 11.3 Å². The second-order valence-corrected chi connectivity index (χ2v) is 7.30. The lowest BCUT2D eigenvalue weighted by Gasteiger charge is -2.22. The summed E-state index contributed by atoms with van der Waals surface area (Å²) in [5.41, 5.74) is 1.73. The van der Waals surface area contributed by atoms with Crippen LogP contribution in [-0.4, -0.2) is 26.9 Å². The van der Waals surface area contributed by atoms with Crippen LogP contribution in [0.5, 0.6) is 0 Å². The van der Waals surface area contributed by atoms with E-state index in [1.807, 2.05) is 0 Å². The number of carbonyl (C=O) groups is 2. The number of nitrogens with two attached hydrogens (primary N) is 1. The van der Waals surface area contributed by atoms with E-state index in [9.17, 15) is 18.0 Å². The summed E-state index contributed by atoms with van der Waals surface area (Å²) in [5, 5.41) is 7.68. The minimum absolute atomic E-state index is 0.0811. The number of ether oxygens (including phenoxy) is 1. The molecule has 126 valence electrons. The van der Waals surface area contributed by atoms with Crippen LogP contribution in [0, 0.1) is 19.8 Å². The molecule has 0 saturated heterocycles. The number of nitrogens with one attached hydrogen (secondary N) is 1. The summed E-state index contributed by atoms with van der Waals surface area (Å²) >= 11 is 0. The minimum Gasteiger partial charge on any atom is -0.455 e. The highest BCUT2D eigenvalue weighted by atomic mass is 32.2. The maximum atomic E-state index is 11.9. The van der Waals surface area contributed by atoms with E-state index in [0.717, 1.165) is 24.8 Å². The fraction of sp³-hybridized carbons (Fsp3) is 0.467. The number of primary sulfonamides is 1. The number of hydrogen-bond donors (Lipinski definition) is 2. The lowest BCUT2D eigenvalue weighted by molar-refractivity contribution is -0.154. The number of benzene rings is 1. The molecule has 1 saturated carbocycles. The molecule has 1 aliphatic rings. The van der Waals surface area contributed by atoms with Crippen molar-refractivity contribution < 1.29 is 22.7 Å². The molecule has 0 aliphatic heterocycles. The molecule has 0 spiro atoms. The molecule has 3 N–H and O–H groups in total. The monoisotopic (exact) mass is 340 g/mol. The largest absolute Gasteiger partial charge is 0.455 e. The number of carbonyl (C=O) groups excluding carboxylic acids is 2. The van der Waals surface area contributed by atoms with Crippen molar-refractivity contribution in [3.05, 3.63) is 23.3 Å². The molecular weight excluding hydrogens is 320 g/mol. The van der Waals surface area contributed by atoms with Gasteiger partial charge in [0.1, 0.15) is 0 Å². The van der Waals surface area contributed by atoms with Crippen molar-refractivity contribution in [1.82, 2.24) is 0 Å². The highest BCUT2D eigenvalue weighted by molar-refractivity contribution is 7.89. The van der Waals surface area contributed by atoms with Crippen LogP contribution in [0.15, 0.2) is 17.0 Å². The molecule has 0 unspecified atom stereocenters. The van der Waals surface area contributed by atoms with Crippen LogP contribution in [0.4, 0.5) is 5.69 Å². The van der Waals surface area contributed by atoms with E-state index >= 15 is 0 Å². The standard InChI is InChI=1S/C15H20N2O5S/c1-9-6-12(23(16,20)21)7-13(10(9)2)17-14(18)8-22-15(19)11-4-3-5-11/h6-7,11H,3-5,8H2,1-2H3,(H,17,18)(H2,16,20,21). The predicted molar refractivity (Wildman–Crippen MR) is 84.2 cm³/mol. The molecule has 0 atom stereocenters. The Morgan fingerprint density at radius 2 is 1.96 bits per heavy atom. The van der Waals surface area contributed by atoms with Gasteiger partial charge in [0.15, 0.2) is 6.61 Å². The number of amides is 1. The maximum absolute atomic E-state index is 11.9. The average Bonchev–Trinajstić information content (AvgIpc) is 2.38. The fourth-order valence-electron chi connectivity index (χ4n) is 2.21. The van der Waals surface area contributed by atoms with Gasteiger partial charge in [0.25, 0.3) is 5.91 Å². The van der Waals surface area contributed by atoms with Gasteiger partial charge in [-0.25, -0.2) is 13.6 Å². The molecule has 7 nitrogen and oxygen atoms in total. The molecule has 1 aliphatic carbocycles. The Morgan fingerprint density at radius 1 is 1.30 bits per heavy atom. The lowest BCUT2D eigenvalue weighted by Crippen LogP contribution is -2.28. The van der Waals surface area contributed by atoms with Crippen LogP contribution in [0.25, 0.3) is 0 Å². The zero-order valence-electron chi connectivity index (χ0n) is 13.1. The summed E-state index contributed by atoms with van der Waals surface area (Å²) in [7, 11) is -3.87. The SMILES string of the molecule is Cc1cc(S(N)(=O)=O)cc(NC(=O)COC(=O)C2CCC2)c1C. The Hall–Kier alpha value is -1.93. The van der Waals surface area contributed by atoms with Crippen LogP contribution in [-0.2, 0) is 24.3 Å². The average molecular weight is 340 g/mol. The molecule has 0 bridgehead atoms. The molecule has 1 fully saturated rings. The number of rotatable bonds is 5. The van der Waals surface area contributed by atoms with Gasteiger partial charge in [0.05, 0.1) is 10.8 Å². The third-order valence-corrected chi connectivity index (χ3v) is 4.92. The molecule has 23 heavy (non-hydrogen) atoms. The zero-order valence-corrected chi connectivity index (χ0v) is 13.9. The van der Waals surface area contributed by atoms with Crippen molar-refractivity contribution in [2.75, 3.05) is 11.9 Å². The van der Waals surface area contributed by atoms with Crippen LogP contribution in [0.3, 0.4) is 0 Å². The fourth-order valence-corrected chi connectivity index (χ4v) is 2.83. The Bertz CT molecular complexity index is 738. The molecule has 1 aromatic carbocycles. The van der Waals surface area contributed by atoms with Crippen LogP contribution < -0.4 is 10.5 Å². The molecule has 0 aromatic heterocycles. The van der Waals surface area contributed by atoms with E-state index in [2.05, 4.69) is 5.32 Å². The Balaban J connectivity index is 2.05. The number of esters is 1. The highest BCUT2D eigenvalue weighted by Crippen LogP contribution is 2.27. The summed E-state index contributed by atoms with van der Waals surface area (Å²) in [4.78, 5) is 23.4. The normalized spacial score (nSPS) is 14.9. The summed E-state index contributed by atoms with van der Waals surface area (Å²) in [5.74, 6) is -0.984. The number of sulfonamides is 1. The third kappa shape index (κ3) is 4.29. The molecule has 1 amide bonds. The van der Waals surface area contributed by atoms with Gasteiger partial charge in [-0.3, -0.25) is 9.59 Å². The van der Waals surface area contributed by atoms with Crippen molar-refractivity contribution in [2.45, 2.75) is 38.0 Å². The summed E-state index contributed by atoms with van der Waals surface area (Å²) in [6.07, 6.45) is 2.61. The Labute approximate surface area is 135 Å². The van der Waals surface area contributed by atoms with Gasteiger partial charge in [0.2, 0.25) is 10.0 Å². The maximum Gasteiger partial charge on any atom is 0.309 e. The van der Waals surface area contributed by atoms with E-state index in [1.54, 1.807) is 13.8 Å². The van der Waals surface area contributed by atoms with E-state index in [1.165, 1.54) is 12.1 Å². The number of aryl methyl sites for hydroxylation is 1. The zero-order chi connectivity index (χ0) is 17.2. The first-order valence-electron chi connectivity index (χ1n) is 7.29. The first-order valence-corrected chi connectivity index (χ1v) is 8.83. The Morgan fingerprint density at radius 3 is 2.48 bits per heavy atom. The van der Waals surface area contributed by atoms with Crippen LogP contribution in [0.2, 0.25) is 0 Å². The minimum atomic E-state index is -3.87. The van der Waals surface area contributed by atoms with E-state index in [4.69, 9.17) is 9.88 Å². The highest BCUT2D eigenvalue weighted by Gasteiger charge is 2.27. The van der Waals surface area contributed by atoms with Crippen LogP contribution in [0.1, 0.15) is 30.4 Å². The summed E-state index contributed by atoms with van der Waals surface area (Å²) in [6.45, 7) is 3.07. The molecule has 1 aromatic rings. The second-order valence-electron chi connectivity index (χ2n) is 5.74. The topological polar surface area (TPSA) is 116 Å². The Kier molecular flexibility index (Phi) is 5.06. The van der Waals surface area contributed by atoms with Crippen LogP contribution >= 0.6 is 0 Å².